The van der Waals surface area contributed by atoms with Gasteiger partial charge in [0, 0.05) is 5.56 Å². The second kappa shape index (κ2) is 7.49. The van der Waals surface area contributed by atoms with Gasteiger partial charge < -0.3 is 4.74 Å². The van der Waals surface area contributed by atoms with Gasteiger partial charge in [0.05, 0.1) is 28.1 Å². The van der Waals surface area contributed by atoms with Crippen molar-refractivity contribution < 1.29 is 9.53 Å². The highest BCUT2D eigenvalue weighted by Gasteiger charge is 2.09. The maximum absolute atomic E-state index is 11.9. The monoisotopic (exact) mass is 340 g/mol. The zero-order valence-corrected chi connectivity index (χ0v) is 13.8. The van der Waals surface area contributed by atoms with Gasteiger partial charge in [-0.05, 0) is 24.5 Å². The molecule has 2 rings (SSSR count). The van der Waals surface area contributed by atoms with Crippen molar-refractivity contribution >= 4 is 46.8 Å². The van der Waals surface area contributed by atoms with Crippen LogP contribution in [0.4, 0.5) is 0 Å². The van der Waals surface area contributed by atoms with E-state index in [1.807, 2.05) is 12.3 Å². The standard InChI is InChI=1S/C14H13ClN2O2S2/c1-19-14-9(7-12(20-2)21-14)8-16-17-13(18)10-5-3-4-6-11(10)15/h3-8H,1-2H3,(H,17,18)/b16-8+. The number of amides is 1. The fourth-order valence-corrected chi connectivity index (χ4v) is 3.29. The largest absolute Gasteiger partial charge is 0.487 e. The summed E-state index contributed by atoms with van der Waals surface area (Å²) >= 11 is 9.11. The lowest BCUT2D eigenvalue weighted by Crippen LogP contribution is -2.17. The summed E-state index contributed by atoms with van der Waals surface area (Å²) in [5.74, 6) is -0.351. The summed E-state index contributed by atoms with van der Waals surface area (Å²) in [5, 5.41) is 5.10. The van der Waals surface area contributed by atoms with Crippen LogP contribution in [-0.2, 0) is 0 Å². The highest BCUT2D eigenvalue weighted by atomic mass is 35.5. The van der Waals surface area contributed by atoms with Crippen LogP contribution in [0.1, 0.15) is 15.9 Å². The van der Waals surface area contributed by atoms with Gasteiger partial charge in [-0.15, -0.1) is 11.8 Å². The quantitative estimate of drug-likeness (QED) is 0.510. The number of carbonyl (C=O) groups is 1. The summed E-state index contributed by atoms with van der Waals surface area (Å²) in [6.45, 7) is 0. The Balaban J connectivity index is 2.07. The third kappa shape index (κ3) is 4.00. The van der Waals surface area contributed by atoms with E-state index in [1.165, 1.54) is 11.3 Å². The highest BCUT2D eigenvalue weighted by Crippen LogP contribution is 2.34. The summed E-state index contributed by atoms with van der Waals surface area (Å²) in [4.78, 5) is 11.9. The van der Waals surface area contributed by atoms with Gasteiger partial charge in [-0.2, -0.15) is 5.10 Å². The minimum absolute atomic E-state index is 0.351. The minimum Gasteiger partial charge on any atom is -0.487 e. The molecule has 0 saturated carbocycles. The van der Waals surface area contributed by atoms with Crippen molar-refractivity contribution in [1.29, 1.82) is 0 Å². The number of thiophene rings is 1. The van der Waals surface area contributed by atoms with Gasteiger partial charge in [0.2, 0.25) is 0 Å². The van der Waals surface area contributed by atoms with Crippen LogP contribution < -0.4 is 10.2 Å². The Morgan fingerprint density at radius 3 is 2.90 bits per heavy atom. The predicted molar refractivity (Wildman–Crippen MR) is 89.2 cm³/mol. The topological polar surface area (TPSA) is 50.7 Å². The summed E-state index contributed by atoms with van der Waals surface area (Å²) in [5.41, 5.74) is 3.67. The predicted octanol–water partition coefficient (Wildman–Crippen LogP) is 3.90. The minimum atomic E-state index is -0.351. The SMILES string of the molecule is COc1sc(SC)cc1/C=N/NC(=O)c1ccccc1Cl. The number of halogens is 1. The van der Waals surface area contributed by atoms with Crippen LogP contribution in [0.25, 0.3) is 0 Å². The molecule has 0 unspecified atom stereocenters. The molecule has 110 valence electrons. The number of benzene rings is 1. The third-order valence-corrected chi connectivity index (χ3v) is 5.08. The molecule has 1 N–H and O–H groups in total. The molecular weight excluding hydrogens is 328 g/mol. The number of nitrogens with one attached hydrogen (secondary N) is 1. The first kappa shape index (κ1) is 15.9. The number of carbonyl (C=O) groups excluding carboxylic acids is 1. The molecule has 21 heavy (non-hydrogen) atoms. The average Bonchev–Trinajstić information content (AvgIpc) is 2.90. The Labute approximate surface area is 136 Å². The highest BCUT2D eigenvalue weighted by molar-refractivity contribution is 8.00. The summed E-state index contributed by atoms with van der Waals surface area (Å²) in [6.07, 6.45) is 3.55. The average molecular weight is 341 g/mol. The molecule has 1 amide bonds. The van der Waals surface area contributed by atoms with Gasteiger partial charge >= 0.3 is 0 Å². The number of hydrogen-bond acceptors (Lipinski definition) is 5. The first-order valence-corrected chi connectivity index (χ1v) is 8.37. The van der Waals surface area contributed by atoms with Gasteiger partial charge in [-0.1, -0.05) is 35.1 Å². The van der Waals surface area contributed by atoms with E-state index in [0.717, 1.165) is 14.8 Å². The number of thioether (sulfide) groups is 1. The second-order valence-corrected chi connectivity index (χ2v) is 6.42. The number of hydrazone groups is 1. The second-order valence-electron chi connectivity index (χ2n) is 3.90. The molecule has 0 bridgehead atoms. The maximum atomic E-state index is 11.9. The van der Waals surface area contributed by atoms with Crippen LogP contribution in [0.2, 0.25) is 5.02 Å². The first-order valence-electron chi connectivity index (χ1n) is 5.95. The Hall–Kier alpha value is -1.50. The van der Waals surface area contributed by atoms with E-state index < -0.39 is 0 Å². The van der Waals surface area contributed by atoms with Gasteiger partial charge in [-0.3, -0.25) is 4.79 Å². The molecule has 0 atom stereocenters. The smallest absolute Gasteiger partial charge is 0.272 e. The van der Waals surface area contributed by atoms with Crippen molar-refractivity contribution in [3.05, 3.63) is 46.5 Å². The molecule has 7 heteroatoms. The van der Waals surface area contributed by atoms with Crippen molar-refractivity contribution in [3.63, 3.8) is 0 Å². The van der Waals surface area contributed by atoms with Crippen LogP contribution in [0, 0.1) is 0 Å². The number of rotatable bonds is 5. The van der Waals surface area contributed by atoms with Gasteiger partial charge in [0.1, 0.15) is 0 Å². The molecule has 0 saturated heterocycles. The Morgan fingerprint density at radius 2 is 2.24 bits per heavy atom. The van der Waals surface area contributed by atoms with Crippen molar-refractivity contribution in [1.82, 2.24) is 5.43 Å². The van der Waals surface area contributed by atoms with Crippen molar-refractivity contribution in [3.8, 4) is 5.06 Å². The number of ether oxygens (including phenoxy) is 1. The van der Waals surface area contributed by atoms with E-state index in [-0.39, 0.29) is 5.91 Å². The van der Waals surface area contributed by atoms with Crippen LogP contribution >= 0.6 is 34.7 Å². The molecular formula is C14H13ClN2O2S2. The van der Waals surface area contributed by atoms with Crippen LogP contribution in [0.5, 0.6) is 5.06 Å². The Kier molecular flexibility index (Phi) is 5.67. The fraction of sp³-hybridized carbons (Fsp3) is 0.143. The van der Waals surface area contributed by atoms with Gasteiger partial charge in [0.15, 0.2) is 5.06 Å². The zero-order valence-electron chi connectivity index (χ0n) is 11.4. The fourth-order valence-electron chi connectivity index (χ4n) is 1.58. The number of methoxy groups -OCH3 is 1. The number of hydrogen-bond donors (Lipinski definition) is 1. The Bertz CT molecular complexity index is 671. The molecule has 1 aromatic heterocycles. The van der Waals surface area contributed by atoms with Crippen LogP contribution in [0.15, 0.2) is 39.6 Å². The molecule has 0 aliphatic carbocycles. The maximum Gasteiger partial charge on any atom is 0.272 e. The summed E-state index contributed by atoms with van der Waals surface area (Å²) in [6, 6.07) is 8.77. The summed E-state index contributed by atoms with van der Waals surface area (Å²) < 4.78 is 6.39. The lowest BCUT2D eigenvalue weighted by molar-refractivity contribution is 0.0955. The molecule has 0 radical (unpaired) electrons. The zero-order chi connectivity index (χ0) is 15.2. The summed E-state index contributed by atoms with van der Waals surface area (Å²) in [7, 11) is 1.61. The van der Waals surface area contributed by atoms with Gasteiger partial charge in [-0.25, -0.2) is 5.43 Å². The molecule has 0 spiro atoms. The molecule has 4 nitrogen and oxygen atoms in total. The number of nitrogens with zero attached hydrogens (tertiary/aromatic N) is 1. The molecule has 1 heterocycles. The van der Waals surface area contributed by atoms with Crippen LogP contribution in [0.3, 0.4) is 0 Å². The van der Waals surface area contributed by atoms with Crippen molar-refractivity contribution in [2.45, 2.75) is 4.21 Å². The van der Waals surface area contributed by atoms with E-state index in [9.17, 15) is 4.79 Å². The molecule has 1 aromatic carbocycles. The lowest BCUT2D eigenvalue weighted by Gasteiger charge is -2.01. The van der Waals surface area contributed by atoms with Crippen molar-refractivity contribution in [2.75, 3.05) is 13.4 Å². The molecule has 0 aliphatic heterocycles. The van der Waals surface area contributed by atoms with E-state index in [4.69, 9.17) is 16.3 Å². The van der Waals surface area contributed by atoms with Crippen molar-refractivity contribution in [2.24, 2.45) is 5.10 Å². The van der Waals surface area contributed by atoms with E-state index in [1.54, 1.807) is 49.4 Å². The normalized spacial score (nSPS) is 10.8. The molecule has 0 fully saturated rings. The van der Waals surface area contributed by atoms with E-state index in [2.05, 4.69) is 10.5 Å². The van der Waals surface area contributed by atoms with E-state index >= 15 is 0 Å². The molecule has 2 aromatic rings. The van der Waals surface area contributed by atoms with Gasteiger partial charge in [0.25, 0.3) is 5.91 Å². The first-order chi connectivity index (χ1) is 10.2. The molecule has 0 aliphatic rings. The Morgan fingerprint density at radius 1 is 1.48 bits per heavy atom. The lowest BCUT2D eigenvalue weighted by atomic mass is 10.2. The third-order valence-electron chi connectivity index (χ3n) is 2.58. The van der Waals surface area contributed by atoms with E-state index in [0.29, 0.717) is 10.6 Å². The van der Waals surface area contributed by atoms with Crippen LogP contribution in [-0.4, -0.2) is 25.5 Å².